The molecule has 1 aromatic rings. The molecule has 1 rings (SSSR count). The van der Waals surface area contributed by atoms with E-state index in [-0.39, 0.29) is 5.54 Å². The molecule has 0 unspecified atom stereocenters. The quantitative estimate of drug-likeness (QED) is 0.823. The van der Waals surface area contributed by atoms with E-state index in [0.717, 1.165) is 25.3 Å². The molecular formula is C16H27NO. The molecule has 0 saturated carbocycles. The van der Waals surface area contributed by atoms with Crippen molar-refractivity contribution in [3.8, 4) is 5.75 Å². The zero-order chi connectivity index (χ0) is 13.6. The van der Waals surface area contributed by atoms with Crippen molar-refractivity contribution in [2.45, 2.75) is 53.1 Å². The molecule has 0 radical (unpaired) electrons. The van der Waals surface area contributed by atoms with Crippen LogP contribution in [0, 0.1) is 5.92 Å². The van der Waals surface area contributed by atoms with Gasteiger partial charge in [-0.25, -0.2) is 0 Å². The van der Waals surface area contributed by atoms with E-state index in [9.17, 15) is 0 Å². The third-order valence-electron chi connectivity index (χ3n) is 2.71. The largest absolute Gasteiger partial charge is 0.494 e. The summed E-state index contributed by atoms with van der Waals surface area (Å²) in [5.41, 5.74) is 1.45. The van der Waals surface area contributed by atoms with Crippen LogP contribution in [0.25, 0.3) is 0 Å². The molecule has 102 valence electrons. The summed E-state index contributed by atoms with van der Waals surface area (Å²) in [4.78, 5) is 0. The van der Waals surface area contributed by atoms with Gasteiger partial charge in [0.2, 0.25) is 0 Å². The summed E-state index contributed by atoms with van der Waals surface area (Å²) >= 11 is 0. The summed E-state index contributed by atoms with van der Waals surface area (Å²) in [6.45, 7) is 12.7. The van der Waals surface area contributed by atoms with Gasteiger partial charge in [0.1, 0.15) is 5.75 Å². The molecule has 0 spiro atoms. The van der Waals surface area contributed by atoms with Crippen LogP contribution in [0.2, 0.25) is 0 Å². The van der Waals surface area contributed by atoms with Crippen LogP contribution in [-0.2, 0) is 6.54 Å². The SMILES string of the molecule is CC(C)CCOc1ccc(CNC(C)(C)C)cc1. The summed E-state index contributed by atoms with van der Waals surface area (Å²) in [6.07, 6.45) is 1.10. The van der Waals surface area contributed by atoms with Gasteiger partial charge in [0.05, 0.1) is 6.61 Å². The fraction of sp³-hybridized carbons (Fsp3) is 0.625. The van der Waals surface area contributed by atoms with Crippen molar-refractivity contribution in [2.75, 3.05) is 6.61 Å². The lowest BCUT2D eigenvalue weighted by Gasteiger charge is -2.20. The predicted octanol–water partition coefficient (Wildman–Crippen LogP) is 4.00. The summed E-state index contributed by atoms with van der Waals surface area (Å²) in [7, 11) is 0. The third-order valence-corrected chi connectivity index (χ3v) is 2.71. The smallest absolute Gasteiger partial charge is 0.119 e. The molecule has 0 saturated heterocycles. The van der Waals surface area contributed by atoms with Gasteiger partial charge < -0.3 is 10.1 Å². The summed E-state index contributed by atoms with van der Waals surface area (Å²) < 4.78 is 5.70. The monoisotopic (exact) mass is 249 g/mol. The molecule has 2 nitrogen and oxygen atoms in total. The topological polar surface area (TPSA) is 21.3 Å². The molecule has 18 heavy (non-hydrogen) atoms. The zero-order valence-electron chi connectivity index (χ0n) is 12.4. The second-order valence-electron chi connectivity index (χ2n) is 6.28. The van der Waals surface area contributed by atoms with Crippen LogP contribution in [0.5, 0.6) is 5.75 Å². The van der Waals surface area contributed by atoms with Gasteiger partial charge in [0.25, 0.3) is 0 Å². The summed E-state index contributed by atoms with van der Waals surface area (Å²) in [5, 5.41) is 3.47. The van der Waals surface area contributed by atoms with E-state index in [0.29, 0.717) is 5.92 Å². The Hall–Kier alpha value is -1.02. The van der Waals surface area contributed by atoms with Gasteiger partial charge >= 0.3 is 0 Å². The molecule has 1 aromatic carbocycles. The zero-order valence-corrected chi connectivity index (χ0v) is 12.4. The first-order chi connectivity index (χ1) is 8.37. The van der Waals surface area contributed by atoms with Crippen molar-refractivity contribution in [3.63, 3.8) is 0 Å². The van der Waals surface area contributed by atoms with Crippen molar-refractivity contribution in [1.82, 2.24) is 5.32 Å². The molecule has 0 aliphatic heterocycles. The molecule has 0 aliphatic rings. The highest BCUT2D eigenvalue weighted by molar-refractivity contribution is 5.27. The minimum atomic E-state index is 0.159. The Bertz CT molecular complexity index is 335. The van der Waals surface area contributed by atoms with Crippen LogP contribution >= 0.6 is 0 Å². The van der Waals surface area contributed by atoms with E-state index >= 15 is 0 Å². The molecule has 0 bridgehead atoms. The van der Waals surface area contributed by atoms with Crippen LogP contribution < -0.4 is 10.1 Å². The fourth-order valence-electron chi connectivity index (χ4n) is 1.48. The Morgan fingerprint density at radius 3 is 2.22 bits per heavy atom. The fourth-order valence-corrected chi connectivity index (χ4v) is 1.48. The van der Waals surface area contributed by atoms with Crippen molar-refractivity contribution >= 4 is 0 Å². The van der Waals surface area contributed by atoms with E-state index in [4.69, 9.17) is 4.74 Å². The van der Waals surface area contributed by atoms with Crippen molar-refractivity contribution in [1.29, 1.82) is 0 Å². The lowest BCUT2D eigenvalue weighted by Crippen LogP contribution is -2.35. The van der Waals surface area contributed by atoms with E-state index in [2.05, 4.69) is 64.2 Å². The van der Waals surface area contributed by atoms with Gasteiger partial charge in [-0.2, -0.15) is 0 Å². The number of hydrogen-bond acceptors (Lipinski definition) is 2. The maximum absolute atomic E-state index is 5.70. The number of benzene rings is 1. The van der Waals surface area contributed by atoms with Gasteiger partial charge in [-0.05, 0) is 50.8 Å². The summed E-state index contributed by atoms with van der Waals surface area (Å²) in [5.74, 6) is 1.66. The molecular weight excluding hydrogens is 222 g/mol. The second kappa shape index (κ2) is 6.79. The normalized spacial score (nSPS) is 11.9. The van der Waals surface area contributed by atoms with Gasteiger partial charge in [0, 0.05) is 12.1 Å². The van der Waals surface area contributed by atoms with Crippen molar-refractivity contribution in [3.05, 3.63) is 29.8 Å². The lowest BCUT2D eigenvalue weighted by molar-refractivity contribution is 0.289. The van der Waals surface area contributed by atoms with Crippen LogP contribution in [0.15, 0.2) is 24.3 Å². The van der Waals surface area contributed by atoms with Crippen molar-refractivity contribution < 1.29 is 4.74 Å². The molecule has 0 fully saturated rings. The molecule has 1 N–H and O–H groups in total. The molecule has 0 amide bonds. The van der Waals surface area contributed by atoms with E-state index in [1.807, 2.05) is 0 Å². The molecule has 0 atom stereocenters. The van der Waals surface area contributed by atoms with Crippen molar-refractivity contribution in [2.24, 2.45) is 5.92 Å². The number of hydrogen-bond donors (Lipinski definition) is 1. The van der Waals surface area contributed by atoms with Gasteiger partial charge in [0.15, 0.2) is 0 Å². The Morgan fingerprint density at radius 1 is 1.11 bits per heavy atom. The maximum Gasteiger partial charge on any atom is 0.119 e. The second-order valence-corrected chi connectivity index (χ2v) is 6.28. The Balaban J connectivity index is 2.38. The van der Waals surface area contributed by atoms with E-state index in [1.54, 1.807) is 0 Å². The number of nitrogens with one attached hydrogen (secondary N) is 1. The predicted molar refractivity (Wildman–Crippen MR) is 78.0 cm³/mol. The van der Waals surface area contributed by atoms with Gasteiger partial charge in [-0.3, -0.25) is 0 Å². The Labute approximate surface area is 112 Å². The van der Waals surface area contributed by atoms with Crippen LogP contribution in [0.3, 0.4) is 0 Å². The van der Waals surface area contributed by atoms with Gasteiger partial charge in [-0.1, -0.05) is 26.0 Å². The molecule has 2 heteroatoms. The lowest BCUT2D eigenvalue weighted by atomic mass is 10.1. The standard InChI is InChI=1S/C16H27NO/c1-13(2)10-11-18-15-8-6-14(7-9-15)12-17-16(3,4)5/h6-9,13,17H,10-12H2,1-5H3. The average molecular weight is 249 g/mol. The molecule has 0 aliphatic carbocycles. The maximum atomic E-state index is 5.70. The van der Waals surface area contributed by atoms with E-state index in [1.165, 1.54) is 5.56 Å². The minimum absolute atomic E-state index is 0.159. The van der Waals surface area contributed by atoms with Gasteiger partial charge in [-0.15, -0.1) is 0 Å². The number of ether oxygens (including phenoxy) is 1. The first-order valence-corrected chi connectivity index (χ1v) is 6.83. The molecule has 0 aromatic heterocycles. The third kappa shape index (κ3) is 6.65. The average Bonchev–Trinajstić information content (AvgIpc) is 2.26. The van der Waals surface area contributed by atoms with Crippen LogP contribution in [0.1, 0.15) is 46.6 Å². The first kappa shape index (κ1) is 15.0. The first-order valence-electron chi connectivity index (χ1n) is 6.83. The Morgan fingerprint density at radius 2 is 1.72 bits per heavy atom. The highest BCUT2D eigenvalue weighted by Gasteiger charge is 2.08. The van der Waals surface area contributed by atoms with E-state index < -0.39 is 0 Å². The van der Waals surface area contributed by atoms with Crippen LogP contribution in [-0.4, -0.2) is 12.1 Å². The molecule has 0 heterocycles. The highest BCUT2D eigenvalue weighted by atomic mass is 16.5. The number of rotatable bonds is 6. The highest BCUT2D eigenvalue weighted by Crippen LogP contribution is 2.14. The summed E-state index contributed by atoms with van der Waals surface area (Å²) in [6, 6.07) is 8.37. The Kier molecular flexibility index (Phi) is 5.67. The van der Waals surface area contributed by atoms with Crippen LogP contribution in [0.4, 0.5) is 0 Å². The minimum Gasteiger partial charge on any atom is -0.494 e.